The highest BCUT2D eigenvalue weighted by Gasteiger charge is 2.12. The lowest BCUT2D eigenvalue weighted by molar-refractivity contribution is 0.382. The zero-order valence-corrected chi connectivity index (χ0v) is 8.87. The second-order valence-corrected chi connectivity index (χ2v) is 4.03. The Kier molecular flexibility index (Phi) is 3.59. The van der Waals surface area contributed by atoms with Crippen molar-refractivity contribution in [2.24, 2.45) is 0 Å². The van der Waals surface area contributed by atoms with Crippen molar-refractivity contribution in [3.8, 4) is 5.75 Å². The number of aromatic hydroxyl groups is 1. The van der Waals surface area contributed by atoms with Gasteiger partial charge in [-0.3, -0.25) is 0 Å². The number of para-hydroxylation sites is 1. The number of hydrogen-bond acceptors (Lipinski definition) is 3. The zero-order chi connectivity index (χ0) is 10.5. The lowest BCUT2D eigenvalue weighted by Crippen LogP contribution is -2.39. The molecule has 3 heteroatoms. The van der Waals surface area contributed by atoms with Crippen LogP contribution in [0.4, 0.5) is 0 Å². The van der Waals surface area contributed by atoms with Crippen molar-refractivity contribution >= 4 is 0 Å². The van der Waals surface area contributed by atoms with E-state index in [2.05, 4.69) is 10.6 Å². The Labute approximate surface area is 90.5 Å². The standard InChI is InChI=1S/C12H18N2O/c15-12-4-2-1-3-10(12)9-14-11-5-7-13-8-6-11/h1-4,11,13-15H,5-9H2. The molecule has 3 N–H and O–H groups in total. The molecule has 1 aromatic carbocycles. The van der Waals surface area contributed by atoms with Crippen LogP contribution in [0, 0.1) is 0 Å². The fourth-order valence-corrected chi connectivity index (χ4v) is 1.94. The van der Waals surface area contributed by atoms with Gasteiger partial charge in [-0.15, -0.1) is 0 Å². The van der Waals surface area contributed by atoms with Gasteiger partial charge in [0, 0.05) is 18.2 Å². The maximum Gasteiger partial charge on any atom is 0.120 e. The van der Waals surface area contributed by atoms with E-state index < -0.39 is 0 Å². The average Bonchev–Trinajstić information content (AvgIpc) is 2.29. The first-order chi connectivity index (χ1) is 7.36. The van der Waals surface area contributed by atoms with E-state index in [0.29, 0.717) is 11.8 Å². The summed E-state index contributed by atoms with van der Waals surface area (Å²) in [6, 6.07) is 8.09. The molecule has 0 amide bonds. The Balaban J connectivity index is 1.84. The summed E-state index contributed by atoms with van der Waals surface area (Å²) < 4.78 is 0. The quantitative estimate of drug-likeness (QED) is 0.697. The van der Waals surface area contributed by atoms with Crippen LogP contribution < -0.4 is 10.6 Å². The first kappa shape index (κ1) is 10.5. The normalized spacial score (nSPS) is 17.9. The van der Waals surface area contributed by atoms with Crippen molar-refractivity contribution in [1.82, 2.24) is 10.6 Å². The molecule has 0 radical (unpaired) electrons. The largest absolute Gasteiger partial charge is 0.508 e. The Morgan fingerprint density at radius 2 is 2.00 bits per heavy atom. The first-order valence-corrected chi connectivity index (χ1v) is 5.57. The monoisotopic (exact) mass is 206 g/mol. The van der Waals surface area contributed by atoms with Gasteiger partial charge in [-0.1, -0.05) is 18.2 Å². The molecule has 0 saturated carbocycles. The molecule has 3 nitrogen and oxygen atoms in total. The van der Waals surface area contributed by atoms with Crippen molar-refractivity contribution in [3.05, 3.63) is 29.8 Å². The van der Waals surface area contributed by atoms with Crippen molar-refractivity contribution in [3.63, 3.8) is 0 Å². The van der Waals surface area contributed by atoms with Crippen LogP contribution in [0.1, 0.15) is 18.4 Å². The second kappa shape index (κ2) is 5.14. The number of nitrogens with one attached hydrogen (secondary N) is 2. The highest BCUT2D eigenvalue weighted by Crippen LogP contribution is 2.15. The topological polar surface area (TPSA) is 44.3 Å². The molecule has 2 rings (SSSR count). The molecule has 0 unspecified atom stereocenters. The van der Waals surface area contributed by atoms with Crippen LogP contribution in [0.15, 0.2) is 24.3 Å². The van der Waals surface area contributed by atoms with Gasteiger partial charge < -0.3 is 15.7 Å². The van der Waals surface area contributed by atoms with E-state index in [1.54, 1.807) is 6.07 Å². The molecule has 1 aliphatic heterocycles. The van der Waals surface area contributed by atoms with Gasteiger partial charge in [0.15, 0.2) is 0 Å². The van der Waals surface area contributed by atoms with Gasteiger partial charge in [-0.2, -0.15) is 0 Å². The van der Waals surface area contributed by atoms with E-state index in [9.17, 15) is 5.11 Å². The van der Waals surface area contributed by atoms with Crippen LogP contribution in [0.3, 0.4) is 0 Å². The summed E-state index contributed by atoms with van der Waals surface area (Å²) in [5, 5.41) is 16.4. The third kappa shape index (κ3) is 2.94. The SMILES string of the molecule is Oc1ccccc1CNC1CCNCC1. The third-order valence-corrected chi connectivity index (χ3v) is 2.91. The average molecular weight is 206 g/mol. The number of rotatable bonds is 3. The number of phenolic OH excluding ortho intramolecular Hbond substituents is 1. The predicted molar refractivity (Wildman–Crippen MR) is 60.8 cm³/mol. The van der Waals surface area contributed by atoms with Gasteiger partial charge in [0.1, 0.15) is 5.75 Å². The van der Waals surface area contributed by atoms with E-state index in [1.165, 1.54) is 12.8 Å². The number of piperidine rings is 1. The van der Waals surface area contributed by atoms with Crippen LogP contribution in [0.2, 0.25) is 0 Å². The molecular formula is C12H18N2O. The molecule has 1 heterocycles. The Bertz CT molecular complexity index is 308. The Hall–Kier alpha value is -1.06. The molecule has 0 bridgehead atoms. The van der Waals surface area contributed by atoms with Gasteiger partial charge in [-0.05, 0) is 32.0 Å². The van der Waals surface area contributed by atoms with Gasteiger partial charge in [0.05, 0.1) is 0 Å². The fraction of sp³-hybridized carbons (Fsp3) is 0.500. The van der Waals surface area contributed by atoms with Crippen LogP contribution in [-0.2, 0) is 6.54 Å². The second-order valence-electron chi connectivity index (χ2n) is 4.03. The van der Waals surface area contributed by atoms with Crippen molar-refractivity contribution < 1.29 is 5.11 Å². The summed E-state index contributed by atoms with van der Waals surface area (Å²) in [6.07, 6.45) is 2.35. The molecule has 1 aromatic rings. The molecular weight excluding hydrogens is 188 g/mol. The van der Waals surface area contributed by atoms with Gasteiger partial charge >= 0.3 is 0 Å². The molecule has 1 saturated heterocycles. The maximum absolute atomic E-state index is 9.59. The molecule has 0 atom stereocenters. The molecule has 15 heavy (non-hydrogen) atoms. The smallest absolute Gasteiger partial charge is 0.120 e. The van der Waals surface area contributed by atoms with Crippen LogP contribution in [-0.4, -0.2) is 24.2 Å². The van der Waals surface area contributed by atoms with E-state index in [1.807, 2.05) is 18.2 Å². The van der Waals surface area contributed by atoms with E-state index >= 15 is 0 Å². The highest BCUT2D eigenvalue weighted by atomic mass is 16.3. The Morgan fingerprint density at radius 1 is 1.27 bits per heavy atom. The van der Waals surface area contributed by atoms with Gasteiger partial charge in [0.25, 0.3) is 0 Å². The zero-order valence-electron chi connectivity index (χ0n) is 8.87. The minimum atomic E-state index is 0.388. The molecule has 0 aliphatic carbocycles. The summed E-state index contributed by atoms with van der Waals surface area (Å²) in [5.74, 6) is 0.388. The van der Waals surface area contributed by atoms with Crippen LogP contribution in [0.25, 0.3) is 0 Å². The van der Waals surface area contributed by atoms with Crippen molar-refractivity contribution in [1.29, 1.82) is 0 Å². The van der Waals surface area contributed by atoms with Crippen molar-refractivity contribution in [2.45, 2.75) is 25.4 Å². The van der Waals surface area contributed by atoms with Gasteiger partial charge in [0.2, 0.25) is 0 Å². The third-order valence-electron chi connectivity index (χ3n) is 2.91. The molecule has 82 valence electrons. The van der Waals surface area contributed by atoms with Crippen LogP contribution >= 0.6 is 0 Å². The highest BCUT2D eigenvalue weighted by molar-refractivity contribution is 5.31. The lowest BCUT2D eigenvalue weighted by atomic mass is 10.1. The summed E-state index contributed by atoms with van der Waals surface area (Å²) in [5.41, 5.74) is 0.982. The Morgan fingerprint density at radius 3 is 2.73 bits per heavy atom. The minimum absolute atomic E-state index is 0.388. The lowest BCUT2D eigenvalue weighted by Gasteiger charge is -2.23. The van der Waals surface area contributed by atoms with Crippen molar-refractivity contribution in [2.75, 3.05) is 13.1 Å². The number of hydrogen-bond donors (Lipinski definition) is 3. The van der Waals surface area contributed by atoms with Crippen LogP contribution in [0.5, 0.6) is 5.75 Å². The summed E-state index contributed by atoms with van der Waals surface area (Å²) in [7, 11) is 0. The van der Waals surface area contributed by atoms with E-state index in [0.717, 1.165) is 25.2 Å². The maximum atomic E-state index is 9.59. The first-order valence-electron chi connectivity index (χ1n) is 5.57. The number of phenols is 1. The summed E-state index contributed by atoms with van der Waals surface area (Å²) in [6.45, 7) is 2.95. The number of benzene rings is 1. The molecule has 1 fully saturated rings. The predicted octanol–water partition coefficient (Wildman–Crippen LogP) is 1.23. The minimum Gasteiger partial charge on any atom is -0.508 e. The van der Waals surface area contributed by atoms with E-state index in [-0.39, 0.29) is 0 Å². The van der Waals surface area contributed by atoms with Gasteiger partial charge in [-0.25, -0.2) is 0 Å². The molecule has 0 aromatic heterocycles. The van der Waals surface area contributed by atoms with E-state index in [4.69, 9.17) is 0 Å². The summed E-state index contributed by atoms with van der Waals surface area (Å²) >= 11 is 0. The molecule has 1 aliphatic rings. The molecule has 0 spiro atoms. The fourth-order valence-electron chi connectivity index (χ4n) is 1.94. The summed E-state index contributed by atoms with van der Waals surface area (Å²) in [4.78, 5) is 0.